The number of nitrogens with two attached hydrogens (primary N) is 1. The van der Waals surface area contributed by atoms with E-state index in [0.29, 0.717) is 5.92 Å². The van der Waals surface area contributed by atoms with E-state index in [-0.39, 0.29) is 0 Å². The fourth-order valence-electron chi connectivity index (χ4n) is 0.828. The predicted molar refractivity (Wildman–Crippen MR) is 45.9 cm³/mol. The maximum Gasteiger partial charge on any atom is 0.00747 e. The molecule has 0 rings (SSSR count). The largest absolute Gasteiger partial charge is 0.329 e. The average Bonchev–Trinajstić information content (AvgIpc) is 1.89. The first-order valence-electron chi connectivity index (χ1n) is 3.84. The smallest absolute Gasteiger partial charge is 0.00747 e. The minimum Gasteiger partial charge on any atom is -0.329 e. The summed E-state index contributed by atoms with van der Waals surface area (Å²) in [4.78, 5) is 0. The Hall–Kier alpha value is -0.340. The number of hydrogen-bond acceptors (Lipinski definition) is 2. The second kappa shape index (κ2) is 6.78. The zero-order valence-corrected chi connectivity index (χ0v) is 6.93. The molecule has 3 N–H and O–H groups in total. The van der Waals surface area contributed by atoms with Gasteiger partial charge in [-0.1, -0.05) is 19.1 Å². The molecule has 1 unspecified atom stereocenters. The maximum atomic E-state index is 5.31. The van der Waals surface area contributed by atoms with Crippen molar-refractivity contribution in [2.24, 2.45) is 11.7 Å². The normalized spacial score (nSPS) is 14.3. The van der Waals surface area contributed by atoms with Gasteiger partial charge in [0.2, 0.25) is 0 Å². The first kappa shape index (κ1) is 9.66. The summed E-state index contributed by atoms with van der Waals surface area (Å²) in [5.41, 5.74) is 5.31. The number of allylic oxidation sites excluding steroid dienone is 1. The van der Waals surface area contributed by atoms with Gasteiger partial charge in [-0.25, -0.2) is 0 Å². The quantitative estimate of drug-likeness (QED) is 0.439. The summed E-state index contributed by atoms with van der Waals surface area (Å²) < 4.78 is 0. The van der Waals surface area contributed by atoms with E-state index in [0.717, 1.165) is 19.6 Å². The zero-order valence-electron chi connectivity index (χ0n) is 6.93. The summed E-state index contributed by atoms with van der Waals surface area (Å²) in [7, 11) is 0. The molecule has 0 saturated carbocycles. The van der Waals surface area contributed by atoms with Crippen LogP contribution in [0.4, 0.5) is 0 Å². The van der Waals surface area contributed by atoms with E-state index in [1.165, 1.54) is 0 Å². The first-order chi connectivity index (χ1) is 4.81. The summed E-state index contributed by atoms with van der Waals surface area (Å²) in [6, 6.07) is 0. The molecule has 1 atom stereocenters. The van der Waals surface area contributed by atoms with Crippen molar-refractivity contribution < 1.29 is 0 Å². The lowest BCUT2D eigenvalue weighted by Crippen LogP contribution is -2.26. The van der Waals surface area contributed by atoms with Crippen LogP contribution in [0.3, 0.4) is 0 Å². The molecule has 0 aromatic carbocycles. The molecule has 0 aliphatic rings. The van der Waals surface area contributed by atoms with Gasteiger partial charge in [-0.3, -0.25) is 0 Å². The molecular formula is C8H18N2. The molecule has 0 heterocycles. The van der Waals surface area contributed by atoms with Gasteiger partial charge in [0, 0.05) is 19.6 Å². The van der Waals surface area contributed by atoms with E-state index < -0.39 is 0 Å². The Morgan fingerprint density at radius 2 is 2.30 bits per heavy atom. The van der Waals surface area contributed by atoms with Crippen LogP contribution in [0, 0.1) is 5.92 Å². The van der Waals surface area contributed by atoms with Crippen LogP contribution in [-0.2, 0) is 0 Å². The Balaban J connectivity index is 3.13. The fourth-order valence-corrected chi connectivity index (χ4v) is 0.828. The fraction of sp³-hybridized carbons (Fsp3) is 0.750. The van der Waals surface area contributed by atoms with Gasteiger partial charge in [-0.15, -0.1) is 0 Å². The summed E-state index contributed by atoms with van der Waals surface area (Å²) in [5, 5.41) is 3.24. The van der Waals surface area contributed by atoms with Gasteiger partial charge in [0.25, 0.3) is 0 Å². The summed E-state index contributed by atoms with van der Waals surface area (Å²) in [6.07, 6.45) is 4.26. The van der Waals surface area contributed by atoms with E-state index in [4.69, 9.17) is 5.73 Å². The minimum atomic E-state index is 0.622. The van der Waals surface area contributed by atoms with Gasteiger partial charge in [0.05, 0.1) is 0 Å². The van der Waals surface area contributed by atoms with Crippen LogP contribution < -0.4 is 11.1 Å². The van der Waals surface area contributed by atoms with Crippen LogP contribution in [0.1, 0.15) is 13.8 Å². The molecule has 0 fully saturated rings. The summed E-state index contributed by atoms with van der Waals surface area (Å²) in [5.74, 6) is 0.622. The average molecular weight is 142 g/mol. The molecule has 2 nitrogen and oxygen atoms in total. The van der Waals surface area contributed by atoms with Crippen molar-refractivity contribution in [2.75, 3.05) is 19.6 Å². The highest BCUT2D eigenvalue weighted by Gasteiger charge is 1.92. The number of rotatable bonds is 5. The molecule has 0 bridgehead atoms. The van der Waals surface area contributed by atoms with Crippen molar-refractivity contribution in [3.63, 3.8) is 0 Å². The highest BCUT2D eigenvalue weighted by molar-refractivity contribution is 4.83. The van der Waals surface area contributed by atoms with Crippen molar-refractivity contribution in [2.45, 2.75) is 13.8 Å². The topological polar surface area (TPSA) is 38.0 Å². The minimum absolute atomic E-state index is 0.622. The van der Waals surface area contributed by atoms with Gasteiger partial charge >= 0.3 is 0 Å². The third-order valence-electron chi connectivity index (χ3n) is 1.31. The second-order valence-electron chi connectivity index (χ2n) is 2.50. The molecule has 0 amide bonds. The van der Waals surface area contributed by atoms with E-state index in [1.807, 2.05) is 6.92 Å². The molecule has 0 saturated heterocycles. The molecule has 2 heteroatoms. The summed E-state index contributed by atoms with van der Waals surface area (Å²) >= 11 is 0. The van der Waals surface area contributed by atoms with E-state index in [1.54, 1.807) is 0 Å². The Kier molecular flexibility index (Phi) is 6.55. The van der Waals surface area contributed by atoms with E-state index in [2.05, 4.69) is 24.4 Å². The van der Waals surface area contributed by atoms with Crippen molar-refractivity contribution in [1.29, 1.82) is 0 Å². The zero-order chi connectivity index (χ0) is 7.82. The van der Waals surface area contributed by atoms with Gasteiger partial charge in [-0.05, 0) is 12.8 Å². The lowest BCUT2D eigenvalue weighted by molar-refractivity contribution is 0.598. The number of hydrogen-bond donors (Lipinski definition) is 2. The van der Waals surface area contributed by atoms with E-state index >= 15 is 0 Å². The lowest BCUT2D eigenvalue weighted by atomic mass is 10.1. The maximum absolute atomic E-state index is 5.31. The molecule has 0 aromatic heterocycles. The lowest BCUT2D eigenvalue weighted by Gasteiger charge is -2.05. The van der Waals surface area contributed by atoms with Crippen LogP contribution >= 0.6 is 0 Å². The molecule has 60 valence electrons. The second-order valence-corrected chi connectivity index (χ2v) is 2.50. The van der Waals surface area contributed by atoms with Gasteiger partial charge in [-0.2, -0.15) is 0 Å². The Morgan fingerprint density at radius 1 is 1.60 bits per heavy atom. The molecule has 0 aromatic rings. The highest BCUT2D eigenvalue weighted by Crippen LogP contribution is 1.92. The first-order valence-corrected chi connectivity index (χ1v) is 3.84. The molecule has 0 aliphatic carbocycles. The van der Waals surface area contributed by atoms with Crippen LogP contribution in [0.15, 0.2) is 12.2 Å². The van der Waals surface area contributed by atoms with Crippen LogP contribution in [-0.4, -0.2) is 19.6 Å². The van der Waals surface area contributed by atoms with Gasteiger partial charge in [0.1, 0.15) is 0 Å². The van der Waals surface area contributed by atoms with Crippen LogP contribution in [0.25, 0.3) is 0 Å². The summed E-state index contributed by atoms with van der Waals surface area (Å²) in [6.45, 7) is 6.90. The Labute approximate surface area is 63.5 Å². The van der Waals surface area contributed by atoms with Gasteiger partial charge < -0.3 is 11.1 Å². The van der Waals surface area contributed by atoms with Crippen molar-refractivity contribution in [3.8, 4) is 0 Å². The van der Waals surface area contributed by atoms with E-state index in [9.17, 15) is 0 Å². The molecule has 0 radical (unpaired) electrons. The standard InChI is InChI=1S/C8H18N2/c1-3-4-8(2)7-10-6-5-9/h3-4,8,10H,5-7,9H2,1-2H3/b4-3+. The van der Waals surface area contributed by atoms with Crippen molar-refractivity contribution >= 4 is 0 Å². The Morgan fingerprint density at radius 3 is 2.80 bits per heavy atom. The molecular weight excluding hydrogens is 124 g/mol. The SMILES string of the molecule is C/C=C/C(C)CNCCN. The highest BCUT2D eigenvalue weighted by atomic mass is 14.9. The molecule has 0 spiro atoms. The predicted octanol–water partition coefficient (Wildman–Crippen LogP) is 0.747. The Bertz CT molecular complexity index is 89.3. The third kappa shape index (κ3) is 5.79. The molecule has 0 aliphatic heterocycles. The monoisotopic (exact) mass is 142 g/mol. The third-order valence-corrected chi connectivity index (χ3v) is 1.31. The number of nitrogens with one attached hydrogen (secondary N) is 1. The molecule has 10 heavy (non-hydrogen) atoms. The van der Waals surface area contributed by atoms with Crippen molar-refractivity contribution in [3.05, 3.63) is 12.2 Å². The van der Waals surface area contributed by atoms with Crippen LogP contribution in [0.5, 0.6) is 0 Å². The van der Waals surface area contributed by atoms with Crippen molar-refractivity contribution in [1.82, 2.24) is 5.32 Å². The van der Waals surface area contributed by atoms with Gasteiger partial charge in [0.15, 0.2) is 0 Å². The van der Waals surface area contributed by atoms with Crippen LogP contribution in [0.2, 0.25) is 0 Å².